The molecule has 0 heterocycles. The molecule has 0 rings (SSSR count). The SMILES string of the molecule is CCCCS(=O)(=O)O.O=S(=O)(O)C(F)(F)C(F)(F)C(F)(F)C(F)(F)F. The second-order valence-electron chi connectivity index (χ2n) is 4.28. The molecule has 0 saturated heterocycles. The van der Waals surface area contributed by atoms with Crippen LogP contribution in [-0.4, -0.2) is 55.0 Å². The Kier molecular flexibility index (Phi) is 8.27. The Labute approximate surface area is 135 Å². The van der Waals surface area contributed by atoms with Crippen LogP contribution in [0.15, 0.2) is 0 Å². The first kappa shape index (κ1) is 26.4. The minimum atomic E-state index is -7.37. The summed E-state index contributed by atoms with van der Waals surface area (Å²) in [5.41, 5.74) is 0. The monoisotopic (exact) mass is 438 g/mol. The largest absolute Gasteiger partial charge is 0.460 e. The van der Waals surface area contributed by atoms with Gasteiger partial charge in [0.25, 0.3) is 10.1 Å². The van der Waals surface area contributed by atoms with Crippen LogP contribution in [-0.2, 0) is 20.2 Å². The van der Waals surface area contributed by atoms with Gasteiger partial charge in [-0.05, 0) is 6.42 Å². The molecule has 0 fully saturated rings. The van der Waals surface area contributed by atoms with Crippen molar-refractivity contribution in [3.05, 3.63) is 0 Å². The van der Waals surface area contributed by atoms with Crippen LogP contribution in [0.25, 0.3) is 0 Å². The summed E-state index contributed by atoms with van der Waals surface area (Å²) in [6.45, 7) is 1.87. The van der Waals surface area contributed by atoms with E-state index < -0.39 is 43.5 Å². The maximum atomic E-state index is 12.2. The van der Waals surface area contributed by atoms with E-state index in [0.717, 1.165) is 6.42 Å². The lowest BCUT2D eigenvalue weighted by atomic mass is 10.1. The van der Waals surface area contributed by atoms with Crippen molar-refractivity contribution in [3.63, 3.8) is 0 Å². The molecule has 0 atom stereocenters. The predicted octanol–water partition coefficient (Wildman–Crippen LogP) is 2.97. The standard InChI is InChI=1S/C4HF9O3S.C4H10O3S/c5-1(6,3(9,10)11)2(7,8)4(12,13)17(14,15)16;1-2-3-4-8(5,6)7/h(H,14,15,16);2-4H2,1H3,(H,5,6,7). The summed E-state index contributed by atoms with van der Waals surface area (Å²) in [6, 6.07) is 0. The second kappa shape index (κ2) is 7.83. The quantitative estimate of drug-likeness (QED) is 0.488. The Bertz CT molecular complexity index is 637. The molecule has 0 saturated carbocycles. The molecule has 0 amide bonds. The van der Waals surface area contributed by atoms with Crippen LogP contribution >= 0.6 is 0 Å². The van der Waals surface area contributed by atoms with Crippen molar-refractivity contribution in [1.82, 2.24) is 0 Å². The van der Waals surface area contributed by atoms with Crippen LogP contribution in [0, 0.1) is 0 Å². The third kappa shape index (κ3) is 6.45. The summed E-state index contributed by atoms with van der Waals surface area (Å²) in [6.07, 6.45) is -5.80. The van der Waals surface area contributed by atoms with E-state index in [0.29, 0.717) is 6.42 Å². The van der Waals surface area contributed by atoms with Gasteiger partial charge in [-0.25, -0.2) is 0 Å². The zero-order chi connectivity index (χ0) is 21.1. The topological polar surface area (TPSA) is 109 Å². The highest BCUT2D eigenvalue weighted by Gasteiger charge is 2.85. The smallest absolute Gasteiger partial charge is 0.286 e. The maximum absolute atomic E-state index is 12.2. The van der Waals surface area contributed by atoms with Gasteiger partial charge in [0.05, 0.1) is 5.75 Å². The van der Waals surface area contributed by atoms with Crippen molar-refractivity contribution in [2.45, 2.75) is 43.0 Å². The fourth-order valence-corrected chi connectivity index (χ4v) is 1.96. The molecular formula is C8H11F9O6S2. The molecule has 0 aliphatic carbocycles. The summed E-state index contributed by atoms with van der Waals surface area (Å²) in [4.78, 5) is 0. The molecule has 0 spiro atoms. The van der Waals surface area contributed by atoms with Crippen molar-refractivity contribution < 1.29 is 65.5 Å². The molecule has 0 aromatic carbocycles. The lowest BCUT2D eigenvalue weighted by molar-refractivity contribution is -0.382. The molecule has 2 N–H and O–H groups in total. The number of hydrogen-bond acceptors (Lipinski definition) is 4. The van der Waals surface area contributed by atoms with Crippen LogP contribution in [0.1, 0.15) is 19.8 Å². The van der Waals surface area contributed by atoms with E-state index in [1.807, 2.05) is 6.92 Å². The van der Waals surface area contributed by atoms with Crippen LogP contribution < -0.4 is 0 Å². The summed E-state index contributed by atoms with van der Waals surface area (Å²) >= 11 is 0. The van der Waals surface area contributed by atoms with Gasteiger partial charge in [-0.1, -0.05) is 13.3 Å². The van der Waals surface area contributed by atoms with Crippen LogP contribution in [0.5, 0.6) is 0 Å². The maximum Gasteiger partial charge on any atom is 0.460 e. The Balaban J connectivity index is 0. The average Bonchev–Trinajstić information content (AvgIpc) is 2.33. The summed E-state index contributed by atoms with van der Waals surface area (Å²) in [5, 5.41) is -7.00. The van der Waals surface area contributed by atoms with E-state index in [1.165, 1.54) is 0 Å². The molecule has 0 aromatic rings. The van der Waals surface area contributed by atoms with Crippen molar-refractivity contribution in [2.75, 3.05) is 5.75 Å². The van der Waals surface area contributed by atoms with Crippen LogP contribution in [0.3, 0.4) is 0 Å². The first-order valence-corrected chi connectivity index (χ1v) is 8.73. The Morgan fingerprint density at radius 1 is 0.760 bits per heavy atom. The molecule has 0 aliphatic rings. The predicted molar refractivity (Wildman–Crippen MR) is 63.8 cm³/mol. The van der Waals surface area contributed by atoms with E-state index in [2.05, 4.69) is 0 Å². The van der Waals surface area contributed by atoms with Gasteiger partial charge in [0.2, 0.25) is 0 Å². The number of hydrogen-bond donors (Lipinski definition) is 2. The minimum Gasteiger partial charge on any atom is -0.286 e. The molecule has 0 aromatic heterocycles. The Hall–Kier alpha value is -0.810. The number of alkyl halides is 9. The van der Waals surface area contributed by atoms with Crippen molar-refractivity contribution >= 4 is 20.2 Å². The zero-order valence-electron chi connectivity index (χ0n) is 11.9. The molecule has 0 bridgehead atoms. The van der Waals surface area contributed by atoms with Crippen molar-refractivity contribution in [1.29, 1.82) is 0 Å². The molecule has 0 unspecified atom stereocenters. The minimum absolute atomic E-state index is 0.108. The van der Waals surface area contributed by atoms with Gasteiger partial charge in [0.15, 0.2) is 0 Å². The molecule has 0 radical (unpaired) electrons. The van der Waals surface area contributed by atoms with E-state index >= 15 is 0 Å². The summed E-state index contributed by atoms with van der Waals surface area (Å²) in [5.74, 6) is -14.8. The van der Waals surface area contributed by atoms with Crippen LogP contribution in [0.2, 0.25) is 0 Å². The number of halogens is 9. The van der Waals surface area contributed by atoms with E-state index in [9.17, 15) is 56.3 Å². The first-order chi connectivity index (χ1) is 10.6. The molecule has 0 aliphatic heterocycles. The van der Waals surface area contributed by atoms with Crippen molar-refractivity contribution in [2.24, 2.45) is 0 Å². The zero-order valence-corrected chi connectivity index (χ0v) is 13.5. The highest BCUT2D eigenvalue weighted by Crippen LogP contribution is 2.54. The molecule has 25 heavy (non-hydrogen) atoms. The fourth-order valence-electron chi connectivity index (χ4n) is 0.850. The fraction of sp³-hybridized carbons (Fsp3) is 1.00. The highest BCUT2D eigenvalue weighted by atomic mass is 32.2. The van der Waals surface area contributed by atoms with Crippen LogP contribution in [0.4, 0.5) is 39.5 Å². The molecule has 6 nitrogen and oxygen atoms in total. The second-order valence-corrected chi connectivity index (χ2v) is 7.31. The molecule has 154 valence electrons. The Morgan fingerprint density at radius 2 is 1.12 bits per heavy atom. The summed E-state index contributed by atoms with van der Waals surface area (Å²) < 4.78 is 162. The third-order valence-electron chi connectivity index (χ3n) is 2.20. The normalized spacial score (nSPS) is 14.7. The first-order valence-electron chi connectivity index (χ1n) is 5.68. The van der Waals surface area contributed by atoms with E-state index in [4.69, 9.17) is 9.11 Å². The van der Waals surface area contributed by atoms with E-state index in [1.54, 1.807) is 0 Å². The highest BCUT2D eigenvalue weighted by molar-refractivity contribution is 7.87. The van der Waals surface area contributed by atoms with Gasteiger partial charge < -0.3 is 0 Å². The van der Waals surface area contributed by atoms with Gasteiger partial charge in [0, 0.05) is 0 Å². The van der Waals surface area contributed by atoms with Gasteiger partial charge in [-0.15, -0.1) is 0 Å². The lowest BCUT2D eigenvalue weighted by Gasteiger charge is -2.31. The van der Waals surface area contributed by atoms with Gasteiger partial charge in [0.1, 0.15) is 0 Å². The van der Waals surface area contributed by atoms with Gasteiger partial charge in [-0.2, -0.15) is 56.3 Å². The molecule has 17 heteroatoms. The lowest BCUT2D eigenvalue weighted by Crippen LogP contribution is -2.63. The average molecular weight is 438 g/mol. The van der Waals surface area contributed by atoms with Gasteiger partial charge >= 0.3 is 33.4 Å². The number of unbranched alkanes of at least 4 members (excludes halogenated alkanes) is 1. The van der Waals surface area contributed by atoms with Crippen molar-refractivity contribution in [3.8, 4) is 0 Å². The van der Waals surface area contributed by atoms with E-state index in [-0.39, 0.29) is 5.75 Å². The number of rotatable bonds is 6. The Morgan fingerprint density at radius 3 is 1.28 bits per heavy atom. The summed E-state index contributed by atoms with van der Waals surface area (Å²) in [7, 11) is -10.9. The van der Waals surface area contributed by atoms with Gasteiger partial charge in [-0.3, -0.25) is 9.11 Å². The third-order valence-corrected chi connectivity index (χ3v) is 3.90. The molecular weight excluding hydrogens is 427 g/mol.